The molecule has 0 spiro atoms. The van der Waals surface area contributed by atoms with Gasteiger partial charge in [-0.3, -0.25) is 0 Å². The SMILES string of the molecule is CCCOc1cc(C)nc(N(C)C2CC3CCC(C2)N3)n1. The lowest BCUT2D eigenvalue weighted by atomic mass is 9.99. The van der Waals surface area contributed by atoms with Crippen molar-refractivity contribution in [1.29, 1.82) is 0 Å². The van der Waals surface area contributed by atoms with Crippen molar-refractivity contribution < 1.29 is 4.74 Å². The van der Waals surface area contributed by atoms with E-state index in [-0.39, 0.29) is 0 Å². The largest absolute Gasteiger partial charge is 0.478 e. The zero-order valence-corrected chi connectivity index (χ0v) is 13.3. The minimum atomic E-state index is 0.532. The van der Waals surface area contributed by atoms with Gasteiger partial charge in [0.15, 0.2) is 0 Å². The Morgan fingerprint density at radius 1 is 1.29 bits per heavy atom. The number of anilines is 1. The van der Waals surface area contributed by atoms with Crippen LogP contribution in [0.2, 0.25) is 0 Å². The second-order valence-electron chi connectivity index (χ2n) is 6.37. The summed E-state index contributed by atoms with van der Waals surface area (Å²) in [5, 5.41) is 3.69. The van der Waals surface area contributed by atoms with Gasteiger partial charge in [0.1, 0.15) is 0 Å². The van der Waals surface area contributed by atoms with E-state index >= 15 is 0 Å². The quantitative estimate of drug-likeness (QED) is 0.901. The molecule has 0 aliphatic carbocycles. The molecule has 1 aromatic rings. The summed E-state index contributed by atoms with van der Waals surface area (Å²) in [5.41, 5.74) is 0.967. The van der Waals surface area contributed by atoms with Crippen LogP contribution in [0, 0.1) is 6.92 Å². The van der Waals surface area contributed by atoms with Crippen LogP contribution >= 0.6 is 0 Å². The topological polar surface area (TPSA) is 50.3 Å². The number of piperidine rings is 1. The van der Waals surface area contributed by atoms with Gasteiger partial charge in [-0.2, -0.15) is 4.98 Å². The number of hydrogen-bond acceptors (Lipinski definition) is 5. The smallest absolute Gasteiger partial charge is 0.228 e. The van der Waals surface area contributed by atoms with E-state index in [1.165, 1.54) is 25.7 Å². The average molecular weight is 290 g/mol. The zero-order valence-electron chi connectivity index (χ0n) is 13.3. The number of fused-ring (bicyclic) bond motifs is 2. The molecule has 2 fully saturated rings. The highest BCUT2D eigenvalue weighted by atomic mass is 16.5. The van der Waals surface area contributed by atoms with Crippen molar-refractivity contribution in [2.45, 2.75) is 64.1 Å². The summed E-state index contributed by atoms with van der Waals surface area (Å²) in [7, 11) is 2.12. The summed E-state index contributed by atoms with van der Waals surface area (Å²) in [5.74, 6) is 1.50. The maximum atomic E-state index is 5.68. The Morgan fingerprint density at radius 2 is 2.00 bits per heavy atom. The van der Waals surface area contributed by atoms with Gasteiger partial charge in [0.05, 0.1) is 6.61 Å². The average Bonchev–Trinajstić information content (AvgIpc) is 2.82. The molecule has 116 valence electrons. The molecule has 0 amide bonds. The number of aromatic nitrogens is 2. The maximum absolute atomic E-state index is 5.68. The Bertz CT molecular complexity index is 481. The van der Waals surface area contributed by atoms with Crippen LogP contribution in [0.3, 0.4) is 0 Å². The van der Waals surface area contributed by atoms with Crippen molar-refractivity contribution in [3.8, 4) is 5.88 Å². The number of nitrogens with one attached hydrogen (secondary N) is 1. The van der Waals surface area contributed by atoms with Gasteiger partial charge in [0.2, 0.25) is 11.8 Å². The molecule has 2 saturated heterocycles. The van der Waals surface area contributed by atoms with Gasteiger partial charge in [-0.15, -0.1) is 0 Å². The number of ether oxygens (including phenoxy) is 1. The van der Waals surface area contributed by atoms with Crippen LogP contribution in [0.25, 0.3) is 0 Å². The highest BCUT2D eigenvalue weighted by molar-refractivity contribution is 5.35. The number of hydrogen-bond donors (Lipinski definition) is 1. The van der Waals surface area contributed by atoms with Crippen LogP contribution < -0.4 is 15.0 Å². The monoisotopic (exact) mass is 290 g/mol. The molecule has 5 heteroatoms. The van der Waals surface area contributed by atoms with E-state index in [0.717, 1.165) is 18.1 Å². The summed E-state index contributed by atoms with van der Waals surface area (Å²) >= 11 is 0. The van der Waals surface area contributed by atoms with Crippen molar-refractivity contribution in [2.75, 3.05) is 18.6 Å². The predicted octanol–water partition coefficient (Wildman–Crippen LogP) is 2.29. The van der Waals surface area contributed by atoms with Crippen molar-refractivity contribution in [3.63, 3.8) is 0 Å². The Labute approximate surface area is 127 Å². The fraction of sp³-hybridized carbons (Fsp3) is 0.750. The molecule has 2 aliphatic heterocycles. The molecule has 1 N–H and O–H groups in total. The summed E-state index contributed by atoms with van der Waals surface area (Å²) < 4.78 is 5.68. The van der Waals surface area contributed by atoms with Crippen LogP contribution in [0.4, 0.5) is 5.95 Å². The first-order valence-electron chi connectivity index (χ1n) is 8.13. The minimum absolute atomic E-state index is 0.532. The molecule has 0 radical (unpaired) electrons. The lowest BCUT2D eigenvalue weighted by Crippen LogP contribution is -2.47. The Hall–Kier alpha value is -1.36. The number of nitrogens with zero attached hydrogens (tertiary/aromatic N) is 3. The molecule has 5 nitrogen and oxygen atoms in total. The number of aryl methyl sites for hydroxylation is 1. The van der Waals surface area contributed by atoms with Gasteiger partial charge >= 0.3 is 0 Å². The molecule has 0 saturated carbocycles. The van der Waals surface area contributed by atoms with Crippen LogP contribution in [0.1, 0.15) is 44.7 Å². The second-order valence-corrected chi connectivity index (χ2v) is 6.37. The third-order valence-corrected chi connectivity index (χ3v) is 4.58. The van der Waals surface area contributed by atoms with E-state index in [1.807, 2.05) is 13.0 Å². The fourth-order valence-electron chi connectivity index (χ4n) is 3.47. The molecule has 2 atom stereocenters. The van der Waals surface area contributed by atoms with Crippen molar-refractivity contribution in [3.05, 3.63) is 11.8 Å². The highest BCUT2D eigenvalue weighted by Gasteiger charge is 2.35. The van der Waals surface area contributed by atoms with Gasteiger partial charge in [-0.1, -0.05) is 6.92 Å². The second kappa shape index (κ2) is 6.18. The predicted molar refractivity (Wildman–Crippen MR) is 83.9 cm³/mol. The van der Waals surface area contributed by atoms with Gasteiger partial charge in [-0.05, 0) is 39.0 Å². The first kappa shape index (κ1) is 14.6. The lowest BCUT2D eigenvalue weighted by Gasteiger charge is -2.35. The summed E-state index contributed by atoms with van der Waals surface area (Å²) in [4.78, 5) is 11.4. The van der Waals surface area contributed by atoms with Gasteiger partial charge in [0.25, 0.3) is 0 Å². The molecule has 0 aromatic carbocycles. The molecular weight excluding hydrogens is 264 g/mol. The van der Waals surface area contributed by atoms with Gasteiger partial charge in [0, 0.05) is 36.9 Å². The first-order valence-corrected chi connectivity index (χ1v) is 8.13. The molecule has 21 heavy (non-hydrogen) atoms. The third-order valence-electron chi connectivity index (χ3n) is 4.58. The Morgan fingerprint density at radius 3 is 2.67 bits per heavy atom. The van der Waals surface area contributed by atoms with E-state index in [1.54, 1.807) is 0 Å². The van der Waals surface area contributed by atoms with Crippen LogP contribution in [0.5, 0.6) is 5.88 Å². The molecule has 2 aliphatic rings. The summed E-state index contributed by atoms with van der Waals surface area (Å²) in [6.45, 7) is 4.81. The molecule has 3 rings (SSSR count). The minimum Gasteiger partial charge on any atom is -0.478 e. The lowest BCUT2D eigenvalue weighted by molar-refractivity contribution is 0.303. The maximum Gasteiger partial charge on any atom is 0.228 e. The first-order chi connectivity index (χ1) is 10.2. The Balaban J connectivity index is 1.74. The van der Waals surface area contributed by atoms with E-state index in [4.69, 9.17) is 4.74 Å². The van der Waals surface area contributed by atoms with Crippen molar-refractivity contribution >= 4 is 5.95 Å². The molecular formula is C16H26N4O. The fourth-order valence-corrected chi connectivity index (χ4v) is 3.47. The standard InChI is InChI=1S/C16H26N4O/c1-4-7-21-15-8-11(2)17-16(19-15)20(3)14-9-12-5-6-13(10-14)18-12/h8,12-14,18H,4-7,9-10H2,1-3H3. The zero-order chi connectivity index (χ0) is 14.8. The third kappa shape index (κ3) is 3.28. The molecule has 2 unspecified atom stereocenters. The van der Waals surface area contributed by atoms with Gasteiger partial charge < -0.3 is 15.0 Å². The Kier molecular flexibility index (Phi) is 4.29. The van der Waals surface area contributed by atoms with E-state index in [0.29, 0.717) is 30.6 Å². The molecule has 1 aromatic heterocycles. The normalized spacial score (nSPS) is 27.7. The van der Waals surface area contributed by atoms with Crippen molar-refractivity contribution in [1.82, 2.24) is 15.3 Å². The van der Waals surface area contributed by atoms with E-state index < -0.39 is 0 Å². The number of rotatable bonds is 5. The summed E-state index contributed by atoms with van der Waals surface area (Å²) in [6, 6.07) is 3.80. The summed E-state index contributed by atoms with van der Waals surface area (Å²) in [6.07, 6.45) is 6.00. The van der Waals surface area contributed by atoms with E-state index in [2.05, 4.69) is 34.2 Å². The van der Waals surface area contributed by atoms with Crippen LogP contribution in [-0.4, -0.2) is 41.7 Å². The van der Waals surface area contributed by atoms with Crippen LogP contribution in [-0.2, 0) is 0 Å². The van der Waals surface area contributed by atoms with Crippen molar-refractivity contribution in [2.24, 2.45) is 0 Å². The van der Waals surface area contributed by atoms with E-state index in [9.17, 15) is 0 Å². The highest BCUT2D eigenvalue weighted by Crippen LogP contribution is 2.30. The van der Waals surface area contributed by atoms with Crippen LogP contribution in [0.15, 0.2) is 6.07 Å². The molecule has 3 heterocycles. The van der Waals surface area contributed by atoms with Gasteiger partial charge in [-0.25, -0.2) is 4.98 Å². The molecule has 2 bridgehead atoms.